The van der Waals surface area contributed by atoms with Crippen LogP contribution in [0.1, 0.15) is 12.8 Å². The minimum Gasteiger partial charge on any atom is -0.369 e. The first-order valence-electron chi connectivity index (χ1n) is 4.62. The van der Waals surface area contributed by atoms with Crippen LogP contribution in [0.2, 0.25) is 5.15 Å². The Morgan fingerprint density at radius 1 is 1.47 bits per heavy atom. The zero-order valence-electron chi connectivity index (χ0n) is 7.88. The van der Waals surface area contributed by atoms with Crippen LogP contribution in [0.5, 0.6) is 0 Å². The number of hydrogen-bond donors (Lipinski definition) is 1. The van der Waals surface area contributed by atoms with Gasteiger partial charge in [0.1, 0.15) is 17.3 Å². The predicted molar refractivity (Wildman–Crippen MR) is 53.2 cm³/mol. The van der Waals surface area contributed by atoms with E-state index >= 15 is 0 Å². The third-order valence-electron chi connectivity index (χ3n) is 2.61. The van der Waals surface area contributed by atoms with Crippen molar-refractivity contribution in [1.29, 1.82) is 0 Å². The third kappa shape index (κ3) is 2.34. The molecule has 0 aliphatic heterocycles. The van der Waals surface area contributed by atoms with Crippen molar-refractivity contribution in [2.75, 3.05) is 11.9 Å². The highest BCUT2D eigenvalue weighted by Crippen LogP contribution is 2.50. The van der Waals surface area contributed by atoms with E-state index in [0.717, 1.165) is 0 Å². The van der Waals surface area contributed by atoms with Crippen LogP contribution in [0.3, 0.4) is 0 Å². The van der Waals surface area contributed by atoms with Gasteiger partial charge in [0, 0.05) is 18.0 Å². The molecule has 1 aliphatic rings. The highest BCUT2D eigenvalue weighted by atomic mass is 35.5. The van der Waals surface area contributed by atoms with E-state index in [1.54, 1.807) is 0 Å². The second-order valence-corrected chi connectivity index (χ2v) is 4.13. The number of hydrogen-bond acceptors (Lipinski definition) is 3. The summed E-state index contributed by atoms with van der Waals surface area (Å²) in [5.41, 5.74) is -0.850. The van der Waals surface area contributed by atoms with Gasteiger partial charge in [-0.3, -0.25) is 0 Å². The summed E-state index contributed by atoms with van der Waals surface area (Å²) in [5, 5.41) is 3.15. The van der Waals surface area contributed by atoms with Crippen molar-refractivity contribution in [1.82, 2.24) is 9.97 Å². The Morgan fingerprint density at radius 3 is 2.73 bits per heavy atom. The van der Waals surface area contributed by atoms with Gasteiger partial charge in [0.25, 0.3) is 0 Å². The van der Waals surface area contributed by atoms with Gasteiger partial charge >= 0.3 is 0 Å². The fourth-order valence-corrected chi connectivity index (χ4v) is 1.48. The highest BCUT2D eigenvalue weighted by Gasteiger charge is 2.50. The maximum Gasteiger partial charge on any atom is 0.245 e. The molecule has 1 aromatic rings. The van der Waals surface area contributed by atoms with Crippen LogP contribution in [0, 0.1) is 5.41 Å². The molecule has 1 fully saturated rings. The summed E-state index contributed by atoms with van der Waals surface area (Å²) in [7, 11) is 0. The van der Waals surface area contributed by atoms with Crippen molar-refractivity contribution in [2.24, 2.45) is 5.41 Å². The third-order valence-corrected chi connectivity index (χ3v) is 2.82. The van der Waals surface area contributed by atoms with Gasteiger partial charge in [-0.2, -0.15) is 0 Å². The zero-order valence-corrected chi connectivity index (χ0v) is 8.64. The average Bonchev–Trinajstić information content (AvgIpc) is 2.96. The van der Waals surface area contributed by atoms with Crippen LogP contribution in [0.4, 0.5) is 14.6 Å². The van der Waals surface area contributed by atoms with Crippen LogP contribution in [-0.2, 0) is 0 Å². The minimum atomic E-state index is -2.28. The van der Waals surface area contributed by atoms with Crippen LogP contribution in [0.25, 0.3) is 0 Å². The Kier molecular flexibility index (Phi) is 2.73. The van der Waals surface area contributed by atoms with Crippen LogP contribution >= 0.6 is 11.6 Å². The van der Waals surface area contributed by atoms with Crippen molar-refractivity contribution < 1.29 is 8.78 Å². The molecule has 1 heterocycles. The molecule has 82 valence electrons. The monoisotopic (exact) mass is 233 g/mol. The maximum absolute atomic E-state index is 12.6. The molecule has 1 aromatic heterocycles. The molecule has 0 atom stereocenters. The molecule has 2 rings (SSSR count). The normalized spacial score (nSPS) is 17.9. The van der Waals surface area contributed by atoms with Gasteiger partial charge in [-0.15, -0.1) is 0 Å². The summed E-state index contributed by atoms with van der Waals surface area (Å²) in [5.74, 6) is 0.488. The van der Waals surface area contributed by atoms with Gasteiger partial charge in [-0.25, -0.2) is 18.7 Å². The predicted octanol–water partition coefficient (Wildman–Crippen LogP) is 2.59. The summed E-state index contributed by atoms with van der Waals surface area (Å²) >= 11 is 5.63. The van der Waals surface area contributed by atoms with Gasteiger partial charge in [-0.05, 0) is 12.8 Å². The molecule has 1 aliphatic carbocycles. The zero-order chi connectivity index (χ0) is 10.9. The summed E-state index contributed by atoms with van der Waals surface area (Å²) in [6, 6.07) is 1.52. The smallest absolute Gasteiger partial charge is 0.245 e. The van der Waals surface area contributed by atoms with E-state index in [4.69, 9.17) is 11.6 Å². The Balaban J connectivity index is 1.94. The van der Waals surface area contributed by atoms with E-state index in [2.05, 4.69) is 15.3 Å². The summed E-state index contributed by atoms with van der Waals surface area (Å²) in [4.78, 5) is 7.58. The van der Waals surface area contributed by atoms with Crippen LogP contribution in [0.15, 0.2) is 12.4 Å². The number of nitrogens with zero attached hydrogens (tertiary/aromatic N) is 2. The number of nitrogens with one attached hydrogen (secondary N) is 1. The topological polar surface area (TPSA) is 37.8 Å². The van der Waals surface area contributed by atoms with Crippen LogP contribution < -0.4 is 5.32 Å². The van der Waals surface area contributed by atoms with Crippen molar-refractivity contribution in [3.05, 3.63) is 17.5 Å². The second kappa shape index (κ2) is 3.89. The Hall–Kier alpha value is -0.970. The molecule has 0 amide bonds. The Bertz CT molecular complexity index is 355. The van der Waals surface area contributed by atoms with E-state index in [0.29, 0.717) is 23.8 Å². The molecule has 0 unspecified atom stereocenters. The summed E-state index contributed by atoms with van der Waals surface area (Å²) in [6.45, 7) is 0.234. The lowest BCUT2D eigenvalue weighted by Gasteiger charge is -2.14. The molecule has 1 N–H and O–H groups in total. The Morgan fingerprint density at radius 2 is 2.20 bits per heavy atom. The number of anilines is 1. The molecule has 0 aromatic carbocycles. The number of aromatic nitrogens is 2. The van der Waals surface area contributed by atoms with Gasteiger partial charge < -0.3 is 5.32 Å². The quantitative estimate of drug-likeness (QED) is 0.813. The lowest BCUT2D eigenvalue weighted by Crippen LogP contribution is -2.23. The molecule has 0 spiro atoms. The van der Waals surface area contributed by atoms with E-state index in [1.807, 2.05) is 0 Å². The van der Waals surface area contributed by atoms with Crippen molar-refractivity contribution in [3.63, 3.8) is 0 Å². The second-order valence-electron chi connectivity index (χ2n) is 3.74. The first-order chi connectivity index (χ1) is 7.12. The first kappa shape index (κ1) is 10.5. The highest BCUT2D eigenvalue weighted by molar-refractivity contribution is 6.29. The molecule has 6 heteroatoms. The van der Waals surface area contributed by atoms with E-state index < -0.39 is 11.8 Å². The molecular formula is C9H10ClF2N3. The SMILES string of the molecule is FC(F)C1(CNc2cc(Cl)ncn2)CC1. The van der Waals surface area contributed by atoms with Gasteiger partial charge in [0.05, 0.1) is 0 Å². The molecule has 0 radical (unpaired) electrons. The minimum absolute atomic E-state index is 0.234. The number of halogens is 3. The summed E-state index contributed by atoms with van der Waals surface area (Å²) < 4.78 is 25.1. The maximum atomic E-state index is 12.6. The fourth-order valence-electron chi connectivity index (χ4n) is 1.33. The lowest BCUT2D eigenvalue weighted by molar-refractivity contribution is 0.0687. The van der Waals surface area contributed by atoms with Gasteiger partial charge in [0.2, 0.25) is 6.43 Å². The van der Waals surface area contributed by atoms with Crippen LogP contribution in [-0.4, -0.2) is 22.9 Å². The summed E-state index contributed by atoms with van der Waals surface area (Å²) in [6.07, 6.45) is 0.154. The molecule has 0 saturated heterocycles. The number of rotatable bonds is 4. The molecule has 15 heavy (non-hydrogen) atoms. The number of alkyl halides is 2. The van der Waals surface area contributed by atoms with E-state index in [-0.39, 0.29) is 6.54 Å². The standard InChI is InChI=1S/C9H10ClF2N3/c10-6-3-7(15-5-14-6)13-4-9(1-2-9)8(11)12/h3,5,8H,1-2,4H2,(H,13,14,15). The van der Waals surface area contributed by atoms with Crippen molar-refractivity contribution in [3.8, 4) is 0 Å². The van der Waals surface area contributed by atoms with E-state index in [1.165, 1.54) is 12.4 Å². The first-order valence-corrected chi connectivity index (χ1v) is 5.00. The molecule has 0 bridgehead atoms. The van der Waals surface area contributed by atoms with Gasteiger partial charge in [-0.1, -0.05) is 11.6 Å². The van der Waals surface area contributed by atoms with Crippen molar-refractivity contribution >= 4 is 17.4 Å². The van der Waals surface area contributed by atoms with Gasteiger partial charge in [0.15, 0.2) is 0 Å². The Labute approximate surface area is 90.9 Å². The lowest BCUT2D eigenvalue weighted by atomic mass is 10.1. The van der Waals surface area contributed by atoms with Crippen molar-refractivity contribution in [2.45, 2.75) is 19.3 Å². The average molecular weight is 234 g/mol. The molecular weight excluding hydrogens is 224 g/mol. The fraction of sp³-hybridized carbons (Fsp3) is 0.556. The largest absolute Gasteiger partial charge is 0.369 e. The molecule has 3 nitrogen and oxygen atoms in total. The van der Waals surface area contributed by atoms with E-state index in [9.17, 15) is 8.78 Å². The molecule has 1 saturated carbocycles.